The molecule has 0 atom stereocenters. The Morgan fingerprint density at radius 2 is 2.14 bits per heavy atom. The maximum absolute atomic E-state index is 5.84. The molecule has 0 saturated heterocycles. The fraction of sp³-hybridized carbons (Fsp3) is 0.143. The van der Waals surface area contributed by atoms with Crippen LogP contribution in [0.15, 0.2) is 49.1 Å². The van der Waals surface area contributed by atoms with Crippen LogP contribution in [0.3, 0.4) is 0 Å². The average molecular weight is 384 g/mol. The van der Waals surface area contributed by atoms with Crippen LogP contribution in [0.4, 0.5) is 0 Å². The van der Waals surface area contributed by atoms with E-state index in [2.05, 4.69) is 26.1 Å². The van der Waals surface area contributed by atoms with Crippen LogP contribution in [0.1, 0.15) is 17.2 Å². The van der Waals surface area contributed by atoms with Gasteiger partial charge in [-0.05, 0) is 36.3 Å². The molecule has 0 bridgehead atoms. The molecule has 0 saturated carbocycles. The Kier molecular flexibility index (Phi) is 3.99. The van der Waals surface area contributed by atoms with Crippen molar-refractivity contribution in [3.8, 4) is 40.9 Å². The Bertz CT molecular complexity index is 1240. The summed E-state index contributed by atoms with van der Waals surface area (Å²) in [6.45, 7) is 0.724. The summed E-state index contributed by atoms with van der Waals surface area (Å²) >= 11 is 0. The number of pyridine rings is 1. The number of fused-ring (bicyclic) bond motifs is 5. The molecular weight excluding hydrogens is 368 g/mol. The maximum atomic E-state index is 5.84. The number of methoxy groups -OCH3 is 1. The van der Waals surface area contributed by atoms with E-state index in [4.69, 9.17) is 15.9 Å². The van der Waals surface area contributed by atoms with Gasteiger partial charge in [0.05, 0.1) is 31.2 Å². The van der Waals surface area contributed by atoms with Gasteiger partial charge in [-0.3, -0.25) is 9.55 Å². The summed E-state index contributed by atoms with van der Waals surface area (Å²) in [6.07, 6.45) is 10.8. The van der Waals surface area contributed by atoms with E-state index in [1.165, 1.54) is 0 Å². The molecule has 1 aliphatic heterocycles. The first-order chi connectivity index (χ1) is 14.3. The van der Waals surface area contributed by atoms with Crippen molar-refractivity contribution in [3.63, 3.8) is 0 Å². The number of nitrogens with zero attached hydrogens (tertiary/aromatic N) is 6. The van der Waals surface area contributed by atoms with Crippen molar-refractivity contribution in [1.82, 2.24) is 29.3 Å². The smallest absolute Gasteiger partial charge is 0.171 e. The number of terminal acetylenes is 1. The van der Waals surface area contributed by atoms with Crippen molar-refractivity contribution >= 4 is 0 Å². The molecule has 0 fully saturated rings. The molecule has 142 valence electrons. The molecule has 8 nitrogen and oxygen atoms in total. The molecule has 0 spiro atoms. The number of ether oxygens (including phenoxy) is 2. The van der Waals surface area contributed by atoms with Gasteiger partial charge in [-0.25, -0.2) is 4.98 Å². The van der Waals surface area contributed by atoms with Crippen molar-refractivity contribution in [1.29, 1.82) is 0 Å². The minimum absolute atomic E-state index is 0.248. The fourth-order valence-corrected chi connectivity index (χ4v) is 3.42. The van der Waals surface area contributed by atoms with E-state index < -0.39 is 0 Å². The van der Waals surface area contributed by atoms with E-state index in [1.54, 1.807) is 25.8 Å². The van der Waals surface area contributed by atoms with Crippen LogP contribution >= 0.6 is 0 Å². The highest BCUT2D eigenvalue weighted by atomic mass is 16.5. The van der Waals surface area contributed by atoms with E-state index >= 15 is 0 Å². The molecule has 0 N–H and O–H groups in total. The first-order valence-electron chi connectivity index (χ1n) is 8.95. The van der Waals surface area contributed by atoms with E-state index in [-0.39, 0.29) is 6.61 Å². The van der Waals surface area contributed by atoms with Crippen molar-refractivity contribution in [2.45, 2.75) is 13.2 Å². The molecule has 29 heavy (non-hydrogen) atoms. The summed E-state index contributed by atoms with van der Waals surface area (Å²) in [5, 5.41) is 8.81. The first kappa shape index (κ1) is 17.0. The topological polar surface area (TPSA) is 79.9 Å². The largest absolute Gasteiger partial charge is 0.497 e. The van der Waals surface area contributed by atoms with Gasteiger partial charge in [0.2, 0.25) is 0 Å². The van der Waals surface area contributed by atoms with Crippen LogP contribution < -0.4 is 9.47 Å². The number of hydrogen-bond acceptors (Lipinski definition) is 6. The quantitative estimate of drug-likeness (QED) is 0.443. The molecule has 4 heterocycles. The zero-order valence-electron chi connectivity index (χ0n) is 15.6. The molecule has 3 aromatic heterocycles. The van der Waals surface area contributed by atoms with E-state index in [0.29, 0.717) is 23.8 Å². The molecule has 1 aromatic carbocycles. The molecule has 4 aromatic rings. The van der Waals surface area contributed by atoms with Crippen molar-refractivity contribution in [2.24, 2.45) is 0 Å². The van der Waals surface area contributed by atoms with Gasteiger partial charge in [0, 0.05) is 11.8 Å². The molecule has 0 amide bonds. The fourth-order valence-electron chi connectivity index (χ4n) is 3.42. The van der Waals surface area contributed by atoms with Crippen LogP contribution in [0.5, 0.6) is 11.5 Å². The second-order valence-electron chi connectivity index (χ2n) is 6.44. The third-order valence-electron chi connectivity index (χ3n) is 4.84. The molecular formula is C21H16N6O2. The third kappa shape index (κ3) is 2.80. The van der Waals surface area contributed by atoms with Gasteiger partial charge < -0.3 is 14.0 Å². The standard InChI is InChI=1S/C21H16N6O2/c1-3-17-19-11-26-20(12-29-15-5-4-8-22-10-15)24-25-21(26)16-9-14(28-2)6-7-18(16)27(19)13-23-17/h1,4-10,13H,11-12H2,2H3. The Morgan fingerprint density at radius 3 is 2.93 bits per heavy atom. The van der Waals surface area contributed by atoms with Gasteiger partial charge >= 0.3 is 0 Å². The summed E-state index contributed by atoms with van der Waals surface area (Å²) in [4.78, 5) is 8.45. The Balaban J connectivity index is 1.63. The highest BCUT2D eigenvalue weighted by Crippen LogP contribution is 2.34. The number of rotatable bonds is 4. The number of aromatic nitrogens is 6. The van der Waals surface area contributed by atoms with Crippen molar-refractivity contribution in [3.05, 3.63) is 66.3 Å². The zero-order chi connectivity index (χ0) is 19.8. The minimum atomic E-state index is 0.248. The number of hydrogen-bond donors (Lipinski definition) is 0. The minimum Gasteiger partial charge on any atom is -0.497 e. The van der Waals surface area contributed by atoms with Gasteiger partial charge in [-0.1, -0.05) is 0 Å². The molecule has 8 heteroatoms. The lowest BCUT2D eigenvalue weighted by Gasteiger charge is -2.09. The Morgan fingerprint density at radius 1 is 1.21 bits per heavy atom. The maximum Gasteiger partial charge on any atom is 0.171 e. The first-order valence-corrected chi connectivity index (χ1v) is 8.95. The second kappa shape index (κ2) is 6.80. The van der Waals surface area contributed by atoms with Crippen LogP contribution in [0, 0.1) is 12.3 Å². The van der Waals surface area contributed by atoms with Gasteiger partial charge in [0.15, 0.2) is 11.6 Å². The third-order valence-corrected chi connectivity index (χ3v) is 4.84. The van der Waals surface area contributed by atoms with Crippen LogP contribution in [-0.2, 0) is 13.2 Å². The summed E-state index contributed by atoms with van der Waals surface area (Å²) < 4.78 is 15.2. The highest BCUT2D eigenvalue weighted by Gasteiger charge is 2.26. The summed E-state index contributed by atoms with van der Waals surface area (Å²) in [6, 6.07) is 9.47. The molecule has 1 aliphatic rings. The highest BCUT2D eigenvalue weighted by molar-refractivity contribution is 5.71. The van der Waals surface area contributed by atoms with E-state index in [1.807, 2.05) is 39.5 Å². The summed E-state index contributed by atoms with van der Waals surface area (Å²) in [7, 11) is 1.63. The van der Waals surface area contributed by atoms with Gasteiger partial charge in [-0.15, -0.1) is 16.6 Å². The Hall–Kier alpha value is -4.12. The van der Waals surface area contributed by atoms with Crippen molar-refractivity contribution < 1.29 is 9.47 Å². The second-order valence-corrected chi connectivity index (χ2v) is 6.44. The Labute approximate surface area is 166 Å². The van der Waals surface area contributed by atoms with Crippen LogP contribution in [0.2, 0.25) is 0 Å². The van der Waals surface area contributed by atoms with E-state index in [9.17, 15) is 0 Å². The van der Waals surface area contributed by atoms with Gasteiger partial charge in [0.25, 0.3) is 0 Å². The van der Waals surface area contributed by atoms with Crippen LogP contribution in [-0.4, -0.2) is 36.4 Å². The van der Waals surface area contributed by atoms with Gasteiger partial charge in [-0.2, -0.15) is 0 Å². The molecule has 0 aliphatic carbocycles. The monoisotopic (exact) mass is 384 g/mol. The lowest BCUT2D eigenvalue weighted by Crippen LogP contribution is -2.10. The number of benzene rings is 1. The number of imidazole rings is 1. The predicted molar refractivity (Wildman–Crippen MR) is 105 cm³/mol. The molecule has 5 rings (SSSR count). The zero-order valence-corrected chi connectivity index (χ0v) is 15.6. The lowest BCUT2D eigenvalue weighted by molar-refractivity contribution is 0.289. The van der Waals surface area contributed by atoms with Crippen molar-refractivity contribution in [2.75, 3.05) is 7.11 Å². The molecule has 0 unspecified atom stereocenters. The van der Waals surface area contributed by atoms with Crippen LogP contribution in [0.25, 0.3) is 17.1 Å². The SMILES string of the molecule is C#Cc1ncn2c1Cn1c(COc3cccnc3)nnc1-c1cc(OC)ccc1-2. The lowest BCUT2D eigenvalue weighted by atomic mass is 10.1. The summed E-state index contributed by atoms with van der Waals surface area (Å²) in [5.74, 6) is 5.45. The average Bonchev–Trinajstić information content (AvgIpc) is 3.33. The van der Waals surface area contributed by atoms with Gasteiger partial charge in [0.1, 0.15) is 30.1 Å². The predicted octanol–water partition coefficient (Wildman–Crippen LogP) is 2.46. The summed E-state index contributed by atoms with van der Waals surface area (Å²) in [5.41, 5.74) is 3.28. The normalized spacial score (nSPS) is 11.6. The van der Waals surface area contributed by atoms with E-state index in [0.717, 1.165) is 28.5 Å². The molecule has 0 radical (unpaired) electrons.